The van der Waals surface area contributed by atoms with E-state index in [0.717, 1.165) is 25.5 Å². The van der Waals surface area contributed by atoms with Crippen molar-refractivity contribution >= 4 is 21.6 Å². The first-order chi connectivity index (χ1) is 11.4. The number of nitrogens with one attached hydrogen (secondary N) is 1. The lowest BCUT2D eigenvalue weighted by molar-refractivity contribution is -0.127. The van der Waals surface area contributed by atoms with Crippen molar-refractivity contribution in [1.82, 2.24) is 5.32 Å². The van der Waals surface area contributed by atoms with Gasteiger partial charge in [0.15, 0.2) is 0 Å². The number of methoxy groups -OCH3 is 2. The van der Waals surface area contributed by atoms with E-state index in [2.05, 4.69) is 5.32 Å². The summed E-state index contributed by atoms with van der Waals surface area (Å²) in [7, 11) is -0.553. The number of anilines is 1. The first-order valence-corrected chi connectivity index (χ1v) is 9.69. The van der Waals surface area contributed by atoms with Crippen molar-refractivity contribution in [3.8, 4) is 11.5 Å². The number of sulfonamides is 1. The van der Waals surface area contributed by atoms with E-state index < -0.39 is 10.0 Å². The van der Waals surface area contributed by atoms with Crippen LogP contribution in [0.25, 0.3) is 0 Å². The van der Waals surface area contributed by atoms with E-state index in [4.69, 9.17) is 9.47 Å². The van der Waals surface area contributed by atoms with Crippen LogP contribution in [0.15, 0.2) is 18.2 Å². The van der Waals surface area contributed by atoms with Gasteiger partial charge in [0.25, 0.3) is 0 Å². The van der Waals surface area contributed by atoms with Crippen molar-refractivity contribution in [3.63, 3.8) is 0 Å². The van der Waals surface area contributed by atoms with Gasteiger partial charge in [0, 0.05) is 18.5 Å². The van der Waals surface area contributed by atoms with E-state index in [1.807, 2.05) is 0 Å². The molecule has 134 valence electrons. The average molecular weight is 356 g/mol. The second-order valence-electron chi connectivity index (χ2n) is 5.79. The number of amides is 1. The Kier molecular flexibility index (Phi) is 5.93. The third-order valence-electron chi connectivity index (χ3n) is 4.15. The Morgan fingerprint density at radius 1 is 1.29 bits per heavy atom. The monoisotopic (exact) mass is 356 g/mol. The highest BCUT2D eigenvalue weighted by Gasteiger charge is 2.26. The van der Waals surface area contributed by atoms with Crippen molar-refractivity contribution in [3.05, 3.63) is 18.2 Å². The van der Waals surface area contributed by atoms with Gasteiger partial charge in [-0.2, -0.15) is 0 Å². The van der Waals surface area contributed by atoms with E-state index in [1.54, 1.807) is 18.2 Å². The molecule has 1 aromatic carbocycles. The zero-order chi connectivity index (χ0) is 17.7. The molecule has 0 aromatic heterocycles. The van der Waals surface area contributed by atoms with Gasteiger partial charge in [-0.25, -0.2) is 8.42 Å². The van der Waals surface area contributed by atoms with Gasteiger partial charge in [-0.15, -0.1) is 0 Å². The van der Waals surface area contributed by atoms with Crippen LogP contribution >= 0.6 is 0 Å². The number of ether oxygens (including phenoxy) is 2. The molecule has 0 heterocycles. The number of hydrogen-bond donors (Lipinski definition) is 1. The van der Waals surface area contributed by atoms with Crippen LogP contribution in [-0.4, -0.2) is 47.9 Å². The van der Waals surface area contributed by atoms with Gasteiger partial charge in [0.05, 0.1) is 32.7 Å². The van der Waals surface area contributed by atoms with Crippen molar-refractivity contribution in [2.75, 3.05) is 37.9 Å². The van der Waals surface area contributed by atoms with Gasteiger partial charge in [0.1, 0.15) is 11.5 Å². The zero-order valence-electron chi connectivity index (χ0n) is 14.2. The molecule has 1 saturated carbocycles. The molecular weight excluding hydrogens is 332 g/mol. The maximum atomic E-state index is 12.2. The SMILES string of the molecule is COc1ccc(OC)c(N(CCNC(=O)C2CCC2)S(C)(=O)=O)c1. The van der Waals surface area contributed by atoms with Crippen molar-refractivity contribution in [1.29, 1.82) is 0 Å². The fourth-order valence-corrected chi connectivity index (χ4v) is 3.47. The Morgan fingerprint density at radius 3 is 2.50 bits per heavy atom. The summed E-state index contributed by atoms with van der Waals surface area (Å²) >= 11 is 0. The lowest BCUT2D eigenvalue weighted by Crippen LogP contribution is -2.41. The highest BCUT2D eigenvalue weighted by atomic mass is 32.2. The Balaban J connectivity index is 2.15. The maximum Gasteiger partial charge on any atom is 0.232 e. The van der Waals surface area contributed by atoms with Gasteiger partial charge >= 0.3 is 0 Å². The normalized spacial score (nSPS) is 14.6. The predicted molar refractivity (Wildman–Crippen MR) is 92.1 cm³/mol. The summed E-state index contributed by atoms with van der Waals surface area (Å²) in [4.78, 5) is 11.9. The lowest BCUT2D eigenvalue weighted by atomic mass is 9.85. The molecule has 0 radical (unpaired) electrons. The van der Waals surface area contributed by atoms with Crippen LogP contribution in [0.1, 0.15) is 19.3 Å². The number of benzene rings is 1. The van der Waals surface area contributed by atoms with Crippen LogP contribution in [0.2, 0.25) is 0 Å². The summed E-state index contributed by atoms with van der Waals surface area (Å²) in [6.07, 6.45) is 4.02. The Labute approximate surface area is 143 Å². The maximum absolute atomic E-state index is 12.2. The molecule has 1 fully saturated rings. The summed E-state index contributed by atoms with van der Waals surface area (Å²) in [5, 5.41) is 2.81. The van der Waals surface area contributed by atoms with Gasteiger partial charge in [0.2, 0.25) is 15.9 Å². The first kappa shape index (κ1) is 18.4. The number of hydrogen-bond acceptors (Lipinski definition) is 5. The molecule has 24 heavy (non-hydrogen) atoms. The predicted octanol–water partition coefficient (Wildman–Crippen LogP) is 1.39. The van der Waals surface area contributed by atoms with E-state index in [9.17, 15) is 13.2 Å². The average Bonchev–Trinajstić information content (AvgIpc) is 2.48. The van der Waals surface area contributed by atoms with E-state index >= 15 is 0 Å². The number of nitrogens with zero attached hydrogens (tertiary/aromatic N) is 1. The standard InChI is InChI=1S/C16H24N2O5S/c1-22-13-7-8-15(23-2)14(11-13)18(24(3,20)21)10-9-17-16(19)12-5-4-6-12/h7-8,11-12H,4-6,9-10H2,1-3H3,(H,17,19). The highest BCUT2D eigenvalue weighted by molar-refractivity contribution is 7.92. The molecule has 1 aliphatic rings. The molecule has 7 nitrogen and oxygen atoms in total. The fraction of sp³-hybridized carbons (Fsp3) is 0.562. The Bertz CT molecular complexity index is 686. The Hall–Kier alpha value is -1.96. The Morgan fingerprint density at radius 2 is 2.00 bits per heavy atom. The van der Waals surface area contributed by atoms with Crippen LogP contribution < -0.4 is 19.1 Å². The van der Waals surface area contributed by atoms with Crippen LogP contribution in [0.3, 0.4) is 0 Å². The minimum Gasteiger partial charge on any atom is -0.497 e. The summed E-state index contributed by atoms with van der Waals surface area (Å²) in [5.74, 6) is 1.01. The molecule has 0 bridgehead atoms. The smallest absolute Gasteiger partial charge is 0.232 e. The number of carbonyl (C=O) groups is 1. The summed E-state index contributed by atoms with van der Waals surface area (Å²) in [6, 6.07) is 4.95. The van der Waals surface area contributed by atoms with Crippen molar-refractivity contribution in [2.45, 2.75) is 19.3 Å². The van der Waals surface area contributed by atoms with Gasteiger partial charge in [-0.3, -0.25) is 9.10 Å². The minimum absolute atomic E-state index is 0.00712. The van der Waals surface area contributed by atoms with Crippen LogP contribution in [0, 0.1) is 5.92 Å². The van der Waals surface area contributed by atoms with Gasteiger partial charge in [-0.1, -0.05) is 6.42 Å². The topological polar surface area (TPSA) is 84.9 Å². The molecule has 0 atom stereocenters. The molecule has 1 aromatic rings. The van der Waals surface area contributed by atoms with Gasteiger partial charge in [-0.05, 0) is 25.0 Å². The first-order valence-electron chi connectivity index (χ1n) is 7.84. The molecule has 0 spiro atoms. The molecule has 1 N–H and O–H groups in total. The second kappa shape index (κ2) is 7.74. The number of rotatable bonds is 8. The lowest BCUT2D eigenvalue weighted by Gasteiger charge is -2.27. The third-order valence-corrected chi connectivity index (χ3v) is 5.33. The van der Waals surface area contributed by atoms with E-state index in [-0.39, 0.29) is 24.9 Å². The summed E-state index contributed by atoms with van der Waals surface area (Å²) < 4.78 is 36.0. The molecule has 1 aliphatic carbocycles. The molecular formula is C16H24N2O5S. The van der Waals surface area contributed by atoms with Crippen LogP contribution in [0.5, 0.6) is 11.5 Å². The highest BCUT2D eigenvalue weighted by Crippen LogP contribution is 2.33. The van der Waals surface area contributed by atoms with Crippen molar-refractivity contribution in [2.24, 2.45) is 5.92 Å². The van der Waals surface area contributed by atoms with Gasteiger partial charge < -0.3 is 14.8 Å². The summed E-state index contributed by atoms with van der Waals surface area (Å²) in [5.41, 5.74) is 0.386. The largest absolute Gasteiger partial charge is 0.497 e. The quantitative estimate of drug-likeness (QED) is 0.761. The van der Waals surface area contributed by atoms with Crippen LogP contribution in [-0.2, 0) is 14.8 Å². The zero-order valence-corrected chi connectivity index (χ0v) is 15.1. The molecule has 8 heteroatoms. The molecule has 0 aliphatic heterocycles. The molecule has 2 rings (SSSR count). The fourth-order valence-electron chi connectivity index (χ4n) is 2.55. The van der Waals surface area contributed by atoms with E-state index in [0.29, 0.717) is 17.2 Å². The molecule has 0 unspecified atom stereocenters. The van der Waals surface area contributed by atoms with E-state index in [1.165, 1.54) is 18.5 Å². The van der Waals surface area contributed by atoms with Crippen molar-refractivity contribution < 1.29 is 22.7 Å². The summed E-state index contributed by atoms with van der Waals surface area (Å²) in [6.45, 7) is 0.365. The minimum atomic E-state index is -3.54. The van der Waals surface area contributed by atoms with Crippen LogP contribution in [0.4, 0.5) is 5.69 Å². The molecule has 1 amide bonds. The third kappa shape index (κ3) is 4.31. The molecule has 0 saturated heterocycles. The second-order valence-corrected chi connectivity index (χ2v) is 7.70. The number of carbonyl (C=O) groups excluding carboxylic acids is 1.